The maximum Gasteiger partial charge on any atom is 0.263 e. The number of thioether (sulfide) groups is 1. The van der Waals surface area contributed by atoms with Crippen molar-refractivity contribution in [2.45, 2.75) is 24.3 Å². The van der Waals surface area contributed by atoms with Crippen LogP contribution < -0.4 is 0 Å². The fourth-order valence-electron chi connectivity index (χ4n) is 3.24. The summed E-state index contributed by atoms with van der Waals surface area (Å²) in [5.41, 5.74) is 0.737. The summed E-state index contributed by atoms with van der Waals surface area (Å²) in [5.74, 6) is 0.0419. The van der Waals surface area contributed by atoms with Gasteiger partial charge < -0.3 is 9.64 Å². The van der Waals surface area contributed by atoms with Crippen molar-refractivity contribution >= 4 is 34.8 Å². The maximum absolute atomic E-state index is 12.8. The SMILES string of the molecule is COCc1ccc(C(=O)N2CCCC(C(=O)c3ccc(SC)cc3)C2)s1. The van der Waals surface area contributed by atoms with E-state index in [1.165, 1.54) is 11.3 Å². The molecule has 4 nitrogen and oxygen atoms in total. The Morgan fingerprint density at radius 1 is 1.23 bits per heavy atom. The lowest BCUT2D eigenvalue weighted by Gasteiger charge is -2.31. The maximum atomic E-state index is 12.8. The van der Waals surface area contributed by atoms with E-state index in [2.05, 4.69) is 0 Å². The van der Waals surface area contributed by atoms with Gasteiger partial charge in [0, 0.05) is 41.5 Å². The van der Waals surface area contributed by atoms with Gasteiger partial charge in [0.1, 0.15) is 0 Å². The molecule has 1 saturated heterocycles. The summed E-state index contributed by atoms with van der Waals surface area (Å²) >= 11 is 3.13. The van der Waals surface area contributed by atoms with Crippen molar-refractivity contribution in [2.75, 3.05) is 26.5 Å². The van der Waals surface area contributed by atoms with Crippen LogP contribution in [0.1, 0.15) is 37.7 Å². The lowest BCUT2D eigenvalue weighted by molar-refractivity contribution is 0.0641. The first-order valence-corrected chi connectivity index (χ1v) is 10.7. The van der Waals surface area contributed by atoms with Crippen molar-refractivity contribution in [1.82, 2.24) is 4.90 Å². The molecule has 26 heavy (non-hydrogen) atoms. The molecule has 0 bridgehead atoms. The van der Waals surface area contributed by atoms with Gasteiger partial charge in [-0.3, -0.25) is 9.59 Å². The fourth-order valence-corrected chi connectivity index (χ4v) is 4.59. The monoisotopic (exact) mass is 389 g/mol. The third-order valence-corrected chi connectivity index (χ3v) is 6.40. The van der Waals surface area contributed by atoms with Crippen molar-refractivity contribution in [2.24, 2.45) is 5.92 Å². The van der Waals surface area contributed by atoms with E-state index >= 15 is 0 Å². The third kappa shape index (κ3) is 4.37. The first-order valence-electron chi connectivity index (χ1n) is 8.67. The number of hydrogen-bond donors (Lipinski definition) is 0. The summed E-state index contributed by atoms with van der Waals surface area (Å²) in [7, 11) is 1.65. The van der Waals surface area contributed by atoms with Gasteiger partial charge in [0.15, 0.2) is 5.78 Å². The molecular weight excluding hydrogens is 366 g/mol. The highest BCUT2D eigenvalue weighted by molar-refractivity contribution is 7.98. The first-order chi connectivity index (χ1) is 12.6. The van der Waals surface area contributed by atoms with Crippen LogP contribution in [0.25, 0.3) is 0 Å². The molecule has 0 saturated carbocycles. The van der Waals surface area contributed by atoms with Crippen LogP contribution in [0.3, 0.4) is 0 Å². The van der Waals surface area contributed by atoms with Crippen LogP contribution >= 0.6 is 23.1 Å². The van der Waals surface area contributed by atoms with Crippen LogP contribution in [-0.2, 0) is 11.3 Å². The number of methoxy groups -OCH3 is 1. The Bertz CT molecular complexity index is 770. The van der Waals surface area contributed by atoms with Crippen LogP contribution in [0.2, 0.25) is 0 Å². The van der Waals surface area contributed by atoms with Gasteiger partial charge in [0.2, 0.25) is 0 Å². The van der Waals surface area contributed by atoms with Gasteiger partial charge in [0.25, 0.3) is 5.91 Å². The molecule has 138 valence electrons. The first kappa shape index (κ1) is 19.1. The number of hydrogen-bond acceptors (Lipinski definition) is 5. The minimum Gasteiger partial charge on any atom is -0.379 e. The van der Waals surface area contributed by atoms with E-state index in [0.717, 1.165) is 33.1 Å². The summed E-state index contributed by atoms with van der Waals surface area (Å²) in [5, 5.41) is 0. The van der Waals surface area contributed by atoms with Gasteiger partial charge >= 0.3 is 0 Å². The molecule has 3 rings (SSSR count). The van der Waals surface area contributed by atoms with Gasteiger partial charge in [-0.2, -0.15) is 0 Å². The minimum absolute atomic E-state index is 0.0209. The summed E-state index contributed by atoms with van der Waals surface area (Å²) in [6, 6.07) is 11.5. The van der Waals surface area contributed by atoms with E-state index in [4.69, 9.17) is 4.74 Å². The average molecular weight is 390 g/mol. The quantitative estimate of drug-likeness (QED) is 0.544. The van der Waals surface area contributed by atoms with Crippen LogP contribution in [0.5, 0.6) is 0 Å². The number of ketones is 1. The van der Waals surface area contributed by atoms with Crippen molar-refractivity contribution in [1.29, 1.82) is 0 Å². The number of amides is 1. The number of rotatable bonds is 6. The third-order valence-electron chi connectivity index (χ3n) is 4.61. The van der Waals surface area contributed by atoms with Crippen LogP contribution in [0, 0.1) is 5.92 Å². The van der Waals surface area contributed by atoms with E-state index < -0.39 is 0 Å². The molecule has 1 amide bonds. The van der Waals surface area contributed by atoms with E-state index in [1.54, 1.807) is 18.9 Å². The summed E-state index contributed by atoms with van der Waals surface area (Å²) in [4.78, 5) is 30.3. The number of piperidine rings is 1. The molecule has 1 fully saturated rings. The molecule has 0 aliphatic carbocycles. The zero-order valence-electron chi connectivity index (χ0n) is 15.1. The van der Waals surface area contributed by atoms with Crippen LogP contribution in [-0.4, -0.2) is 43.0 Å². The number of ether oxygens (including phenoxy) is 1. The molecule has 1 atom stereocenters. The normalized spacial score (nSPS) is 17.3. The second-order valence-corrected chi connectivity index (χ2v) is 8.43. The topological polar surface area (TPSA) is 46.6 Å². The Kier molecular flexibility index (Phi) is 6.51. The highest BCUT2D eigenvalue weighted by Gasteiger charge is 2.30. The predicted octanol–water partition coefficient (Wildman–Crippen LogP) is 4.35. The van der Waals surface area contributed by atoms with E-state index in [0.29, 0.717) is 19.7 Å². The molecule has 1 aromatic carbocycles. The number of likely N-dealkylation sites (tertiary alicyclic amines) is 1. The fraction of sp³-hybridized carbons (Fsp3) is 0.400. The number of benzene rings is 1. The van der Waals surface area contributed by atoms with Gasteiger partial charge in [-0.1, -0.05) is 12.1 Å². The average Bonchev–Trinajstić information content (AvgIpc) is 3.16. The highest BCUT2D eigenvalue weighted by atomic mass is 32.2. The molecule has 0 spiro atoms. The molecule has 1 aliphatic rings. The molecule has 0 N–H and O–H groups in total. The molecule has 1 unspecified atom stereocenters. The highest BCUT2D eigenvalue weighted by Crippen LogP contribution is 2.26. The number of thiophene rings is 1. The number of carbonyl (C=O) groups excluding carboxylic acids is 2. The largest absolute Gasteiger partial charge is 0.379 e. The van der Waals surface area contributed by atoms with Crippen molar-refractivity contribution < 1.29 is 14.3 Å². The lowest BCUT2D eigenvalue weighted by atomic mass is 9.90. The van der Waals surface area contributed by atoms with Gasteiger partial charge in [-0.15, -0.1) is 23.1 Å². The smallest absolute Gasteiger partial charge is 0.263 e. The lowest BCUT2D eigenvalue weighted by Crippen LogP contribution is -2.42. The Morgan fingerprint density at radius 3 is 2.69 bits per heavy atom. The molecule has 1 aromatic heterocycles. The van der Waals surface area contributed by atoms with E-state index in [9.17, 15) is 9.59 Å². The van der Waals surface area contributed by atoms with Crippen molar-refractivity contribution in [3.63, 3.8) is 0 Å². The van der Waals surface area contributed by atoms with E-state index in [1.807, 2.05) is 47.6 Å². The molecule has 0 radical (unpaired) electrons. The number of Topliss-reactive ketones (excluding diaryl/α,β-unsaturated/α-hetero) is 1. The minimum atomic E-state index is -0.119. The second-order valence-electron chi connectivity index (χ2n) is 6.38. The zero-order chi connectivity index (χ0) is 18.5. The molecule has 2 aromatic rings. The van der Waals surface area contributed by atoms with Crippen molar-refractivity contribution in [3.8, 4) is 0 Å². The Hall–Kier alpha value is -1.63. The molecule has 1 aliphatic heterocycles. The zero-order valence-corrected chi connectivity index (χ0v) is 16.7. The molecular formula is C20H23NO3S2. The van der Waals surface area contributed by atoms with Gasteiger partial charge in [-0.05, 0) is 43.4 Å². The van der Waals surface area contributed by atoms with Crippen molar-refractivity contribution in [3.05, 3.63) is 51.7 Å². The summed E-state index contributed by atoms with van der Waals surface area (Å²) in [6.07, 6.45) is 3.72. The molecule has 2 heterocycles. The number of nitrogens with zero attached hydrogens (tertiary/aromatic N) is 1. The second kappa shape index (κ2) is 8.84. The van der Waals surface area contributed by atoms with Crippen LogP contribution in [0.4, 0.5) is 0 Å². The summed E-state index contributed by atoms with van der Waals surface area (Å²) in [6.45, 7) is 1.73. The Labute approximate surface area is 162 Å². The van der Waals surface area contributed by atoms with Crippen LogP contribution in [0.15, 0.2) is 41.3 Å². The van der Waals surface area contributed by atoms with Gasteiger partial charge in [-0.25, -0.2) is 0 Å². The van der Waals surface area contributed by atoms with E-state index in [-0.39, 0.29) is 17.6 Å². The number of carbonyl (C=O) groups is 2. The molecule has 6 heteroatoms. The predicted molar refractivity (Wildman–Crippen MR) is 106 cm³/mol. The summed E-state index contributed by atoms with van der Waals surface area (Å²) < 4.78 is 5.12. The Balaban J connectivity index is 1.67. The van der Waals surface area contributed by atoms with Gasteiger partial charge in [0.05, 0.1) is 11.5 Å². The standard InChI is InChI=1S/C20H23NO3S2/c1-24-13-17-9-10-18(26-17)20(23)21-11-3-4-15(12-21)19(22)14-5-7-16(25-2)8-6-14/h5-10,15H,3-4,11-13H2,1-2H3. The Morgan fingerprint density at radius 2 is 2.00 bits per heavy atom.